The zero-order chi connectivity index (χ0) is 10.7. The summed E-state index contributed by atoms with van der Waals surface area (Å²) in [6.45, 7) is 5.18. The Kier molecular flexibility index (Phi) is 5.40. The Morgan fingerprint density at radius 1 is 1.20 bits per heavy atom. The van der Waals surface area contributed by atoms with Crippen molar-refractivity contribution in [3.8, 4) is 0 Å². The van der Waals surface area contributed by atoms with Gasteiger partial charge in [-0.05, 0) is 5.56 Å². The van der Waals surface area contributed by atoms with E-state index < -0.39 is 11.9 Å². The third-order valence-electron chi connectivity index (χ3n) is 1.71. The van der Waals surface area contributed by atoms with Crippen molar-refractivity contribution < 1.29 is 52.5 Å². The van der Waals surface area contributed by atoms with Crippen LogP contribution >= 0.6 is 0 Å². The van der Waals surface area contributed by atoms with Crippen LogP contribution in [0.4, 0.5) is 0 Å². The molecule has 0 saturated carbocycles. The molecule has 0 bridgehead atoms. The fraction of sp³-hybridized carbons (Fsp3) is 0. The predicted octanol–water partition coefficient (Wildman–Crippen LogP) is 1.53. The van der Waals surface area contributed by atoms with Crippen LogP contribution in [0.5, 0.6) is 0 Å². The Labute approximate surface area is 111 Å². The summed E-state index contributed by atoms with van der Waals surface area (Å²) >= 11 is 0. The fourth-order valence-electron chi connectivity index (χ4n) is 1.02. The Morgan fingerprint density at radius 2 is 1.80 bits per heavy atom. The zero-order valence-electron chi connectivity index (χ0n) is 7.68. The van der Waals surface area contributed by atoms with E-state index in [-0.39, 0.29) is 43.8 Å². The van der Waals surface area contributed by atoms with Gasteiger partial charge in [0, 0.05) is 32.7 Å². The number of hydrogen-bond donors (Lipinski definition) is 2. The Bertz CT molecular complexity index is 412. The third kappa shape index (κ3) is 3.25. The number of benzene rings is 1. The predicted molar refractivity (Wildman–Crippen MR) is 49.1 cm³/mol. The molecule has 0 saturated heterocycles. The number of carbonyl (C=O) groups is 2. The Balaban J connectivity index is 0.00000196. The normalized spacial score (nSPS) is 8.80. The molecule has 2 N–H and O–H groups in total. The molecule has 0 aromatic heterocycles. The smallest absolute Gasteiger partial charge is 0.335 e. The van der Waals surface area contributed by atoms with Gasteiger partial charge >= 0.3 is 11.9 Å². The van der Waals surface area contributed by atoms with Gasteiger partial charge in [0.2, 0.25) is 0 Å². The first-order chi connectivity index (χ1) is 6.56. The van der Waals surface area contributed by atoms with E-state index in [1.807, 2.05) is 0 Å². The molecule has 5 heteroatoms. The molecular formula is C10H7O4Y-. The summed E-state index contributed by atoms with van der Waals surface area (Å²) in [6, 6.07) is 3.73. The molecule has 0 fully saturated rings. The van der Waals surface area contributed by atoms with Crippen molar-refractivity contribution in [3.63, 3.8) is 0 Å². The summed E-state index contributed by atoms with van der Waals surface area (Å²) in [5.41, 5.74) is 0.0999. The second-order valence-electron chi connectivity index (χ2n) is 2.58. The maximum atomic E-state index is 10.7. The quantitative estimate of drug-likeness (QED) is 0.823. The third-order valence-corrected chi connectivity index (χ3v) is 1.71. The van der Waals surface area contributed by atoms with Gasteiger partial charge in [0.1, 0.15) is 0 Å². The summed E-state index contributed by atoms with van der Waals surface area (Å²) < 4.78 is 0. The van der Waals surface area contributed by atoms with Crippen LogP contribution < -0.4 is 0 Å². The first kappa shape index (κ1) is 14.0. The van der Waals surface area contributed by atoms with E-state index in [9.17, 15) is 9.59 Å². The average molecular weight is 280 g/mol. The van der Waals surface area contributed by atoms with Gasteiger partial charge in [-0.15, -0.1) is 6.07 Å². The van der Waals surface area contributed by atoms with Crippen molar-refractivity contribution in [3.05, 3.63) is 41.5 Å². The van der Waals surface area contributed by atoms with Gasteiger partial charge in [-0.2, -0.15) is 5.56 Å². The number of rotatable bonds is 3. The molecule has 1 aromatic carbocycles. The van der Waals surface area contributed by atoms with Gasteiger partial charge in [-0.3, -0.25) is 6.58 Å². The topological polar surface area (TPSA) is 74.6 Å². The second-order valence-corrected chi connectivity index (χ2v) is 2.58. The standard InChI is InChI=1S/C10H7O4.Y/c1-2-6-3-4-7(9(11)12)5-8(6)10(13)14;/h1-5H,(H,11,12)(H,13,14);/q-1;. The van der Waals surface area contributed by atoms with E-state index in [0.29, 0.717) is 5.56 Å². The van der Waals surface area contributed by atoms with Crippen LogP contribution in [0.15, 0.2) is 18.2 Å². The molecule has 0 heterocycles. The van der Waals surface area contributed by atoms with Crippen LogP contribution in [0.2, 0.25) is 0 Å². The van der Waals surface area contributed by atoms with Gasteiger partial charge in [-0.25, -0.2) is 15.7 Å². The monoisotopic (exact) mass is 280 g/mol. The SMILES string of the molecule is [CH-]=Cc1ccc(C(=O)O)cc1C(=O)O.[Y]. The van der Waals surface area contributed by atoms with Gasteiger partial charge in [0.25, 0.3) is 0 Å². The van der Waals surface area contributed by atoms with Crippen molar-refractivity contribution in [2.45, 2.75) is 0 Å². The maximum Gasteiger partial charge on any atom is 0.335 e. The van der Waals surface area contributed by atoms with Gasteiger partial charge in [0.05, 0.1) is 5.56 Å². The van der Waals surface area contributed by atoms with Gasteiger partial charge in [0.15, 0.2) is 0 Å². The van der Waals surface area contributed by atoms with Crippen LogP contribution in [-0.4, -0.2) is 22.2 Å². The van der Waals surface area contributed by atoms with Crippen molar-refractivity contribution in [2.24, 2.45) is 0 Å². The molecule has 15 heavy (non-hydrogen) atoms. The summed E-state index contributed by atoms with van der Waals surface area (Å²) in [7, 11) is 0. The van der Waals surface area contributed by atoms with Crippen LogP contribution in [0.25, 0.3) is 6.08 Å². The van der Waals surface area contributed by atoms with Crippen LogP contribution in [0.3, 0.4) is 0 Å². The summed E-state index contributed by atoms with van der Waals surface area (Å²) in [4.78, 5) is 21.2. The van der Waals surface area contributed by atoms with Crippen molar-refractivity contribution in [1.82, 2.24) is 0 Å². The molecule has 1 rings (SSSR count). The molecule has 0 atom stereocenters. The van der Waals surface area contributed by atoms with Crippen LogP contribution in [0, 0.1) is 6.58 Å². The Morgan fingerprint density at radius 3 is 2.20 bits per heavy atom. The van der Waals surface area contributed by atoms with Gasteiger partial charge < -0.3 is 10.2 Å². The molecule has 1 radical (unpaired) electrons. The molecule has 75 valence electrons. The minimum Gasteiger partial charge on any atom is -0.479 e. The molecule has 0 spiro atoms. The van der Waals surface area contributed by atoms with Gasteiger partial charge in [-0.1, -0.05) is 12.1 Å². The van der Waals surface area contributed by atoms with Crippen molar-refractivity contribution >= 4 is 18.0 Å². The molecule has 0 unspecified atom stereocenters. The molecule has 0 aliphatic rings. The second kappa shape index (κ2) is 5.78. The fourth-order valence-corrected chi connectivity index (χ4v) is 1.02. The van der Waals surface area contributed by atoms with E-state index in [0.717, 1.165) is 12.1 Å². The maximum absolute atomic E-state index is 10.7. The largest absolute Gasteiger partial charge is 0.479 e. The first-order valence-electron chi connectivity index (χ1n) is 3.72. The molecule has 0 amide bonds. The van der Waals surface area contributed by atoms with E-state index in [4.69, 9.17) is 16.8 Å². The number of carboxylic acid groups (broad SMARTS) is 2. The molecule has 1 aromatic rings. The number of carboxylic acids is 2. The summed E-state index contributed by atoms with van der Waals surface area (Å²) in [5, 5.41) is 17.4. The zero-order valence-corrected chi connectivity index (χ0v) is 10.5. The molecule has 4 nitrogen and oxygen atoms in total. The number of aromatic carboxylic acids is 2. The average Bonchev–Trinajstić information content (AvgIpc) is 2.16. The minimum absolute atomic E-state index is 0. The first-order valence-corrected chi connectivity index (χ1v) is 3.72. The van der Waals surface area contributed by atoms with E-state index in [1.165, 1.54) is 12.1 Å². The van der Waals surface area contributed by atoms with E-state index in [2.05, 4.69) is 0 Å². The molecule has 0 aliphatic carbocycles. The van der Waals surface area contributed by atoms with E-state index in [1.54, 1.807) is 0 Å². The minimum atomic E-state index is -1.20. The van der Waals surface area contributed by atoms with Crippen molar-refractivity contribution in [1.29, 1.82) is 0 Å². The van der Waals surface area contributed by atoms with Crippen LogP contribution in [0.1, 0.15) is 26.3 Å². The van der Waals surface area contributed by atoms with E-state index >= 15 is 0 Å². The van der Waals surface area contributed by atoms with Crippen LogP contribution in [-0.2, 0) is 32.7 Å². The number of hydrogen-bond acceptors (Lipinski definition) is 2. The Hall–Kier alpha value is -0.996. The van der Waals surface area contributed by atoms with Crippen molar-refractivity contribution in [2.75, 3.05) is 0 Å². The molecule has 0 aliphatic heterocycles. The summed E-state index contributed by atoms with van der Waals surface area (Å²) in [6.07, 6.45) is 1.12. The summed E-state index contributed by atoms with van der Waals surface area (Å²) in [5.74, 6) is -2.37. The molecular weight excluding hydrogens is 273 g/mol.